The fourth-order valence-corrected chi connectivity index (χ4v) is 3.92. The molecule has 8 heteroatoms. The summed E-state index contributed by atoms with van der Waals surface area (Å²) >= 11 is 3.18. The van der Waals surface area contributed by atoms with Gasteiger partial charge in [-0.05, 0) is 40.5 Å². The summed E-state index contributed by atoms with van der Waals surface area (Å²) in [5.74, 6) is -0.0469. The molecule has 19 heavy (non-hydrogen) atoms. The number of nitrogens with one attached hydrogen (secondary N) is 2. The van der Waals surface area contributed by atoms with Crippen LogP contribution in [0.1, 0.15) is 12.8 Å². The smallest absolute Gasteiger partial charge is 0.241 e. The molecule has 0 aromatic heterocycles. The molecule has 0 radical (unpaired) electrons. The Labute approximate surface area is 119 Å². The Morgan fingerprint density at radius 3 is 2.84 bits per heavy atom. The standard InChI is InChI=1S/C11H14BrN3O3S/c12-9-3-1-7(13)5-10(9)19(17,18)14-6-8-2-4-11(16)15-8/h1,3,5,8,14H,2,4,6,13H2,(H,15,16). The molecule has 1 aromatic rings. The van der Waals surface area contributed by atoms with Crippen LogP contribution in [0.15, 0.2) is 27.6 Å². The molecule has 2 rings (SSSR count). The fraction of sp³-hybridized carbons (Fsp3) is 0.364. The van der Waals surface area contributed by atoms with E-state index in [2.05, 4.69) is 26.0 Å². The van der Waals surface area contributed by atoms with Crippen molar-refractivity contribution in [3.63, 3.8) is 0 Å². The molecule has 104 valence electrons. The number of anilines is 1. The van der Waals surface area contributed by atoms with Gasteiger partial charge in [-0.25, -0.2) is 13.1 Å². The minimum absolute atomic E-state index is 0.0469. The third-order valence-electron chi connectivity index (χ3n) is 2.85. The van der Waals surface area contributed by atoms with Gasteiger partial charge in [0.25, 0.3) is 0 Å². The molecule has 0 aliphatic carbocycles. The van der Waals surface area contributed by atoms with Crippen LogP contribution in [0.2, 0.25) is 0 Å². The van der Waals surface area contributed by atoms with E-state index in [4.69, 9.17) is 5.73 Å². The van der Waals surface area contributed by atoms with Gasteiger partial charge in [-0.2, -0.15) is 0 Å². The number of hydrogen-bond donors (Lipinski definition) is 3. The third-order valence-corrected chi connectivity index (χ3v) is 5.27. The van der Waals surface area contributed by atoms with Gasteiger partial charge in [0.15, 0.2) is 0 Å². The number of carbonyl (C=O) groups excluding carboxylic acids is 1. The maximum Gasteiger partial charge on any atom is 0.241 e. The summed E-state index contributed by atoms with van der Waals surface area (Å²) in [5, 5.41) is 2.70. The summed E-state index contributed by atoms with van der Waals surface area (Å²) in [6.07, 6.45) is 1.08. The van der Waals surface area contributed by atoms with Gasteiger partial charge in [0.1, 0.15) is 0 Å². The molecule has 1 unspecified atom stereocenters. The van der Waals surface area contributed by atoms with Gasteiger partial charge in [-0.3, -0.25) is 4.79 Å². The Balaban J connectivity index is 2.10. The number of halogens is 1. The summed E-state index contributed by atoms with van der Waals surface area (Å²) < 4.78 is 27.2. The maximum absolute atomic E-state index is 12.1. The second-order valence-electron chi connectivity index (χ2n) is 4.34. The first-order chi connectivity index (χ1) is 8.88. The van der Waals surface area contributed by atoms with Gasteiger partial charge in [0.05, 0.1) is 4.90 Å². The number of nitrogens with two attached hydrogens (primary N) is 1. The lowest BCUT2D eigenvalue weighted by molar-refractivity contribution is -0.119. The zero-order valence-corrected chi connectivity index (χ0v) is 12.4. The van der Waals surface area contributed by atoms with Crippen molar-refractivity contribution >= 4 is 37.5 Å². The highest BCUT2D eigenvalue weighted by atomic mass is 79.9. The molecule has 4 N–H and O–H groups in total. The van der Waals surface area contributed by atoms with Crippen LogP contribution in [0.25, 0.3) is 0 Å². The van der Waals surface area contributed by atoms with Crippen molar-refractivity contribution in [2.45, 2.75) is 23.8 Å². The summed E-state index contributed by atoms with van der Waals surface area (Å²) in [7, 11) is -3.65. The van der Waals surface area contributed by atoms with Gasteiger partial charge >= 0.3 is 0 Å². The molecular formula is C11H14BrN3O3S. The lowest BCUT2D eigenvalue weighted by Gasteiger charge is -2.13. The highest BCUT2D eigenvalue weighted by Crippen LogP contribution is 2.24. The van der Waals surface area contributed by atoms with E-state index in [1.54, 1.807) is 12.1 Å². The lowest BCUT2D eigenvalue weighted by Crippen LogP contribution is -2.38. The SMILES string of the molecule is Nc1ccc(Br)c(S(=O)(=O)NCC2CCC(=O)N2)c1. The minimum atomic E-state index is -3.65. The van der Waals surface area contributed by atoms with Gasteiger partial charge < -0.3 is 11.1 Å². The van der Waals surface area contributed by atoms with E-state index in [0.29, 0.717) is 23.0 Å². The maximum atomic E-state index is 12.1. The van der Waals surface area contributed by atoms with Crippen molar-refractivity contribution < 1.29 is 13.2 Å². The van der Waals surface area contributed by atoms with Crippen LogP contribution in [-0.4, -0.2) is 26.9 Å². The van der Waals surface area contributed by atoms with Crippen LogP contribution < -0.4 is 15.8 Å². The molecule has 1 amide bonds. The summed E-state index contributed by atoms with van der Waals surface area (Å²) in [4.78, 5) is 11.1. The number of benzene rings is 1. The molecule has 1 heterocycles. The average Bonchev–Trinajstić information content (AvgIpc) is 2.76. The van der Waals surface area contributed by atoms with Crippen molar-refractivity contribution in [1.82, 2.24) is 10.0 Å². The number of amides is 1. The van der Waals surface area contributed by atoms with Crippen LogP contribution in [0.4, 0.5) is 5.69 Å². The summed E-state index contributed by atoms with van der Waals surface area (Å²) in [6, 6.07) is 4.43. The zero-order chi connectivity index (χ0) is 14.0. The Morgan fingerprint density at radius 2 is 2.21 bits per heavy atom. The second-order valence-corrected chi connectivity index (χ2v) is 6.93. The molecule has 0 bridgehead atoms. The van der Waals surface area contributed by atoms with E-state index >= 15 is 0 Å². The Hall–Kier alpha value is -1.12. The summed E-state index contributed by atoms with van der Waals surface area (Å²) in [6.45, 7) is 0.176. The normalized spacial score (nSPS) is 19.4. The lowest BCUT2D eigenvalue weighted by atomic mass is 10.2. The van der Waals surface area contributed by atoms with E-state index in [1.807, 2.05) is 0 Å². The van der Waals surface area contributed by atoms with Crippen molar-refractivity contribution in [1.29, 1.82) is 0 Å². The molecule has 1 saturated heterocycles. The predicted molar refractivity (Wildman–Crippen MR) is 74.9 cm³/mol. The van der Waals surface area contributed by atoms with E-state index in [9.17, 15) is 13.2 Å². The Morgan fingerprint density at radius 1 is 1.47 bits per heavy atom. The molecule has 1 fully saturated rings. The van der Waals surface area contributed by atoms with Crippen LogP contribution in [-0.2, 0) is 14.8 Å². The average molecular weight is 348 g/mol. The van der Waals surface area contributed by atoms with Crippen molar-refractivity contribution in [3.05, 3.63) is 22.7 Å². The van der Waals surface area contributed by atoms with Crippen molar-refractivity contribution in [3.8, 4) is 0 Å². The number of nitrogen functional groups attached to an aromatic ring is 1. The highest BCUT2D eigenvalue weighted by Gasteiger charge is 2.24. The van der Waals surface area contributed by atoms with Gasteiger partial charge in [0, 0.05) is 29.2 Å². The number of carbonyl (C=O) groups is 1. The minimum Gasteiger partial charge on any atom is -0.399 e. The van der Waals surface area contributed by atoms with E-state index in [-0.39, 0.29) is 23.4 Å². The Kier molecular flexibility index (Phi) is 4.12. The molecule has 0 spiro atoms. The largest absolute Gasteiger partial charge is 0.399 e. The predicted octanol–water partition coefficient (Wildman–Crippen LogP) is 0.588. The third kappa shape index (κ3) is 3.46. The molecule has 0 saturated carbocycles. The molecule has 6 nitrogen and oxygen atoms in total. The molecule has 1 aliphatic heterocycles. The first kappa shape index (κ1) is 14.3. The fourth-order valence-electron chi connectivity index (χ4n) is 1.84. The second kappa shape index (κ2) is 5.48. The van der Waals surface area contributed by atoms with E-state index < -0.39 is 10.0 Å². The summed E-state index contributed by atoms with van der Waals surface area (Å²) in [5.41, 5.74) is 5.96. The first-order valence-electron chi connectivity index (χ1n) is 5.72. The van der Waals surface area contributed by atoms with Crippen molar-refractivity contribution in [2.24, 2.45) is 0 Å². The van der Waals surface area contributed by atoms with Crippen LogP contribution in [0, 0.1) is 0 Å². The quantitative estimate of drug-likeness (QED) is 0.693. The monoisotopic (exact) mass is 347 g/mol. The van der Waals surface area contributed by atoms with E-state index in [0.717, 1.165) is 0 Å². The van der Waals surface area contributed by atoms with Gasteiger partial charge in [0.2, 0.25) is 15.9 Å². The van der Waals surface area contributed by atoms with Gasteiger partial charge in [-0.15, -0.1) is 0 Å². The molecule has 1 aromatic carbocycles. The zero-order valence-electron chi connectivity index (χ0n) is 10.0. The topological polar surface area (TPSA) is 101 Å². The molecular weight excluding hydrogens is 334 g/mol. The van der Waals surface area contributed by atoms with Gasteiger partial charge in [-0.1, -0.05) is 0 Å². The number of hydrogen-bond acceptors (Lipinski definition) is 4. The van der Waals surface area contributed by atoms with E-state index in [1.165, 1.54) is 6.07 Å². The molecule has 1 aliphatic rings. The number of sulfonamides is 1. The first-order valence-corrected chi connectivity index (χ1v) is 8.00. The number of rotatable bonds is 4. The van der Waals surface area contributed by atoms with Crippen LogP contribution in [0.5, 0.6) is 0 Å². The molecule has 1 atom stereocenters. The highest BCUT2D eigenvalue weighted by molar-refractivity contribution is 9.10. The van der Waals surface area contributed by atoms with Crippen LogP contribution >= 0.6 is 15.9 Å². The van der Waals surface area contributed by atoms with Crippen LogP contribution in [0.3, 0.4) is 0 Å². The Bertz CT molecular complexity index is 603. The van der Waals surface area contributed by atoms with Crippen molar-refractivity contribution in [2.75, 3.05) is 12.3 Å².